The summed E-state index contributed by atoms with van der Waals surface area (Å²) in [7, 11) is 0. The van der Waals surface area contributed by atoms with Crippen LogP contribution in [0.5, 0.6) is 5.75 Å². The van der Waals surface area contributed by atoms with Crippen molar-refractivity contribution in [3.05, 3.63) is 52.4 Å². The van der Waals surface area contributed by atoms with Crippen LogP contribution in [0.3, 0.4) is 0 Å². The highest BCUT2D eigenvalue weighted by Gasteiger charge is 2.13. The molecule has 1 aromatic carbocycles. The second kappa shape index (κ2) is 6.79. The molecule has 0 spiro atoms. The van der Waals surface area contributed by atoms with Gasteiger partial charge in [0.05, 0.1) is 0 Å². The van der Waals surface area contributed by atoms with E-state index < -0.39 is 0 Å². The summed E-state index contributed by atoms with van der Waals surface area (Å²) in [5.74, 6) is 0.215. The van der Waals surface area contributed by atoms with E-state index >= 15 is 0 Å². The number of hydrogen-bond donors (Lipinski definition) is 3. The van der Waals surface area contributed by atoms with E-state index in [0.29, 0.717) is 11.6 Å². The molecule has 4 nitrogen and oxygen atoms in total. The van der Waals surface area contributed by atoms with Crippen LogP contribution in [0.25, 0.3) is 11.1 Å². The Kier molecular flexibility index (Phi) is 4.59. The van der Waals surface area contributed by atoms with E-state index in [1.807, 2.05) is 6.07 Å². The maximum atomic E-state index is 11.9. The predicted molar refractivity (Wildman–Crippen MR) is 88.1 cm³/mol. The van der Waals surface area contributed by atoms with Gasteiger partial charge in [-0.25, -0.2) is 0 Å². The van der Waals surface area contributed by atoms with Crippen LogP contribution in [0.15, 0.2) is 41.3 Å². The summed E-state index contributed by atoms with van der Waals surface area (Å²) in [5, 5.41) is 13.5. The number of rotatable bonds is 4. The lowest BCUT2D eigenvalue weighted by molar-refractivity contribution is 0.382. The molecule has 0 saturated carbocycles. The molecule has 1 aliphatic heterocycles. The fourth-order valence-corrected chi connectivity index (χ4v) is 3.13. The number of hydrogen-bond acceptors (Lipinski definition) is 3. The van der Waals surface area contributed by atoms with Gasteiger partial charge in [-0.2, -0.15) is 0 Å². The Balaban J connectivity index is 1.78. The minimum atomic E-state index is -0.131. The molecule has 2 aromatic rings. The van der Waals surface area contributed by atoms with E-state index in [1.165, 1.54) is 19.3 Å². The van der Waals surface area contributed by atoms with Gasteiger partial charge in [0.15, 0.2) is 0 Å². The average Bonchev–Trinajstić information content (AvgIpc) is 2.54. The molecule has 4 heteroatoms. The largest absolute Gasteiger partial charge is 0.508 e. The summed E-state index contributed by atoms with van der Waals surface area (Å²) in [5.41, 5.74) is 2.31. The number of piperidine rings is 1. The van der Waals surface area contributed by atoms with Crippen LogP contribution >= 0.6 is 0 Å². The van der Waals surface area contributed by atoms with E-state index in [1.54, 1.807) is 30.5 Å². The molecule has 3 N–H and O–H groups in total. The summed E-state index contributed by atoms with van der Waals surface area (Å²) in [4.78, 5) is 14.6. The normalized spacial score (nSPS) is 18.3. The van der Waals surface area contributed by atoms with Crippen LogP contribution in [0.2, 0.25) is 0 Å². The number of benzene rings is 1. The van der Waals surface area contributed by atoms with Crippen molar-refractivity contribution in [2.45, 2.75) is 38.1 Å². The van der Waals surface area contributed by atoms with Gasteiger partial charge in [-0.1, -0.05) is 12.5 Å². The number of phenolic OH excluding ortho intramolecular Hbond substituents is 1. The lowest BCUT2D eigenvalue weighted by Gasteiger charge is -2.23. The molecule has 1 aliphatic rings. The number of aromatic amines is 1. The van der Waals surface area contributed by atoms with E-state index in [2.05, 4.69) is 10.3 Å². The fourth-order valence-electron chi connectivity index (χ4n) is 3.13. The number of aryl methyl sites for hydroxylation is 1. The molecule has 2 heterocycles. The molecule has 22 heavy (non-hydrogen) atoms. The summed E-state index contributed by atoms with van der Waals surface area (Å²) in [6.45, 7) is 1.11. The van der Waals surface area contributed by atoms with Gasteiger partial charge in [0.2, 0.25) is 0 Å². The molecule has 0 amide bonds. The summed E-state index contributed by atoms with van der Waals surface area (Å²) >= 11 is 0. The molecular formula is C18H22N2O2. The Hall–Kier alpha value is -2.07. The van der Waals surface area contributed by atoms with Crippen LogP contribution in [0.4, 0.5) is 0 Å². The first-order valence-electron chi connectivity index (χ1n) is 7.97. The smallest absolute Gasteiger partial charge is 0.255 e. The van der Waals surface area contributed by atoms with E-state index in [9.17, 15) is 9.90 Å². The lowest BCUT2D eigenvalue weighted by atomic mass is 9.96. The van der Waals surface area contributed by atoms with Crippen molar-refractivity contribution in [1.82, 2.24) is 10.3 Å². The third-order valence-electron chi connectivity index (χ3n) is 4.30. The summed E-state index contributed by atoms with van der Waals surface area (Å²) in [6.07, 6.45) is 7.37. The van der Waals surface area contributed by atoms with Crippen molar-refractivity contribution in [3.63, 3.8) is 0 Å². The number of nitrogens with one attached hydrogen (secondary N) is 2. The van der Waals surface area contributed by atoms with Crippen molar-refractivity contribution < 1.29 is 5.11 Å². The van der Waals surface area contributed by atoms with Crippen molar-refractivity contribution >= 4 is 0 Å². The zero-order valence-electron chi connectivity index (χ0n) is 12.6. The van der Waals surface area contributed by atoms with Crippen molar-refractivity contribution in [2.24, 2.45) is 0 Å². The highest BCUT2D eigenvalue weighted by molar-refractivity contribution is 5.65. The fraction of sp³-hybridized carbons (Fsp3) is 0.389. The van der Waals surface area contributed by atoms with Crippen LogP contribution in [-0.2, 0) is 6.42 Å². The van der Waals surface area contributed by atoms with Crippen LogP contribution in [0.1, 0.15) is 31.2 Å². The number of pyridine rings is 1. The Morgan fingerprint density at radius 2 is 2.14 bits per heavy atom. The Morgan fingerprint density at radius 1 is 1.23 bits per heavy atom. The minimum absolute atomic E-state index is 0.131. The summed E-state index contributed by atoms with van der Waals surface area (Å²) in [6, 6.07) is 9.59. The van der Waals surface area contributed by atoms with Crippen LogP contribution in [0, 0.1) is 0 Å². The lowest BCUT2D eigenvalue weighted by Crippen LogP contribution is -2.34. The number of aromatic hydroxyl groups is 1. The predicted octanol–water partition coefficient (Wildman–Crippen LogP) is 2.82. The van der Waals surface area contributed by atoms with Gasteiger partial charge in [0.1, 0.15) is 5.75 Å². The molecule has 0 bridgehead atoms. The minimum Gasteiger partial charge on any atom is -0.508 e. The topological polar surface area (TPSA) is 65.1 Å². The Bertz CT molecular complexity index is 687. The first-order valence-corrected chi connectivity index (χ1v) is 7.97. The monoisotopic (exact) mass is 298 g/mol. The highest BCUT2D eigenvalue weighted by Crippen LogP contribution is 2.24. The zero-order valence-corrected chi connectivity index (χ0v) is 12.6. The first-order chi connectivity index (χ1) is 10.7. The first kappa shape index (κ1) is 14.9. The maximum Gasteiger partial charge on any atom is 0.255 e. The van der Waals surface area contributed by atoms with Crippen molar-refractivity contribution in [1.29, 1.82) is 0 Å². The molecule has 3 rings (SSSR count). The van der Waals surface area contributed by atoms with E-state index in [-0.39, 0.29) is 11.3 Å². The molecular weight excluding hydrogens is 276 g/mol. The second-order valence-corrected chi connectivity index (χ2v) is 5.99. The highest BCUT2D eigenvalue weighted by atomic mass is 16.3. The third kappa shape index (κ3) is 3.57. The number of phenols is 1. The van der Waals surface area contributed by atoms with Gasteiger partial charge in [-0.3, -0.25) is 4.79 Å². The SMILES string of the molecule is O=c1[nH]cccc1-c1cc(O)cc(CC[C@@H]2CCCCN2)c1. The van der Waals surface area contributed by atoms with Gasteiger partial charge in [-0.05, 0) is 67.6 Å². The van der Waals surface area contributed by atoms with Gasteiger partial charge in [-0.15, -0.1) is 0 Å². The van der Waals surface area contributed by atoms with Crippen LogP contribution in [-0.4, -0.2) is 22.7 Å². The van der Waals surface area contributed by atoms with E-state index in [4.69, 9.17) is 0 Å². The van der Waals surface area contributed by atoms with E-state index in [0.717, 1.165) is 30.5 Å². The van der Waals surface area contributed by atoms with Crippen molar-refractivity contribution in [2.75, 3.05) is 6.54 Å². The molecule has 1 aromatic heterocycles. The molecule has 1 saturated heterocycles. The Labute approximate surface area is 130 Å². The maximum absolute atomic E-state index is 11.9. The average molecular weight is 298 g/mol. The standard InChI is InChI=1S/C18H22N2O2/c21-16-11-13(6-7-15-4-1-2-8-19-15)10-14(12-16)17-5-3-9-20-18(17)22/h3,5,9-12,15,19,21H,1-2,4,6-8H2,(H,20,22)/t15-/m0/s1. The van der Waals surface area contributed by atoms with Crippen molar-refractivity contribution in [3.8, 4) is 16.9 Å². The number of aromatic nitrogens is 1. The molecule has 1 fully saturated rings. The molecule has 116 valence electrons. The van der Waals surface area contributed by atoms with Crippen LogP contribution < -0.4 is 10.9 Å². The number of H-pyrrole nitrogens is 1. The second-order valence-electron chi connectivity index (χ2n) is 5.99. The van der Waals surface area contributed by atoms with Gasteiger partial charge >= 0.3 is 0 Å². The van der Waals surface area contributed by atoms with Gasteiger partial charge in [0.25, 0.3) is 5.56 Å². The van der Waals surface area contributed by atoms with Gasteiger partial charge in [0, 0.05) is 17.8 Å². The Morgan fingerprint density at radius 3 is 2.91 bits per heavy atom. The molecule has 0 unspecified atom stereocenters. The molecule has 0 radical (unpaired) electrons. The third-order valence-corrected chi connectivity index (χ3v) is 4.30. The zero-order chi connectivity index (χ0) is 15.4. The quantitative estimate of drug-likeness (QED) is 0.813. The molecule has 0 aliphatic carbocycles. The van der Waals surface area contributed by atoms with Gasteiger partial charge < -0.3 is 15.4 Å². The molecule has 1 atom stereocenters. The summed E-state index contributed by atoms with van der Waals surface area (Å²) < 4.78 is 0.